The van der Waals surface area contributed by atoms with Gasteiger partial charge in [0.1, 0.15) is 6.07 Å². The second-order valence-corrected chi connectivity index (χ2v) is 3.34. The molecule has 68 valence electrons. The van der Waals surface area contributed by atoms with Gasteiger partial charge in [-0.15, -0.1) is 12.6 Å². The molecule has 2 rings (SSSR count). The monoisotopic (exact) mass is 203 g/mol. The highest BCUT2D eigenvalue weighted by Crippen LogP contribution is 2.21. The number of rotatable bonds is 0. The maximum atomic E-state index is 9.46. The zero-order chi connectivity index (χ0) is 10.1. The number of benzene rings is 1. The van der Waals surface area contributed by atoms with Gasteiger partial charge in [-0.2, -0.15) is 5.26 Å². The van der Waals surface area contributed by atoms with E-state index in [2.05, 4.69) is 18.7 Å². The van der Waals surface area contributed by atoms with Gasteiger partial charge in [0, 0.05) is 21.8 Å². The number of thiol groups is 1. The van der Waals surface area contributed by atoms with Gasteiger partial charge in [-0.25, -0.2) is 0 Å². The summed E-state index contributed by atoms with van der Waals surface area (Å²) in [6.07, 6.45) is 1.52. The summed E-state index contributed by atoms with van der Waals surface area (Å²) in [5.41, 5.74) is 1.08. The van der Waals surface area contributed by atoms with E-state index in [1.807, 2.05) is 0 Å². The first-order chi connectivity index (χ1) is 6.74. The van der Waals surface area contributed by atoms with E-state index in [1.54, 1.807) is 24.3 Å². The van der Waals surface area contributed by atoms with Crippen LogP contribution in [0.4, 0.5) is 0 Å². The summed E-state index contributed by atoms with van der Waals surface area (Å²) in [5.74, 6) is 0. The topological polar surface area (TPSA) is 47.9 Å². The van der Waals surface area contributed by atoms with Crippen LogP contribution in [0.5, 0.6) is 0 Å². The van der Waals surface area contributed by atoms with Crippen LogP contribution in [0.1, 0.15) is 5.56 Å². The van der Waals surface area contributed by atoms with E-state index >= 15 is 0 Å². The number of nitriles is 1. The lowest BCUT2D eigenvalue weighted by Gasteiger charge is -1.98. The van der Waals surface area contributed by atoms with E-state index in [0.29, 0.717) is 21.4 Å². The van der Waals surface area contributed by atoms with Gasteiger partial charge in [0.2, 0.25) is 6.20 Å². The molecule has 0 fully saturated rings. The van der Waals surface area contributed by atoms with Crippen molar-refractivity contribution in [1.29, 1.82) is 5.26 Å². The van der Waals surface area contributed by atoms with Crippen LogP contribution < -0.4 is 4.73 Å². The van der Waals surface area contributed by atoms with Crippen molar-refractivity contribution >= 4 is 23.5 Å². The second-order valence-electron chi connectivity index (χ2n) is 2.86. The average molecular weight is 203 g/mol. The molecule has 0 atom stereocenters. The smallest absolute Gasteiger partial charge is 0.265 e. The summed E-state index contributed by atoms with van der Waals surface area (Å²) in [6, 6.07) is 8.93. The Bertz CT molecular complexity index is 546. The van der Waals surface area contributed by atoms with E-state index in [9.17, 15) is 5.21 Å². The molecule has 0 aliphatic rings. The van der Waals surface area contributed by atoms with Crippen LogP contribution in [-0.2, 0) is 0 Å². The van der Waals surface area contributed by atoms with Crippen molar-refractivity contribution < 1.29 is 9.94 Å². The first kappa shape index (κ1) is 8.85. The molecule has 0 aliphatic carbocycles. The highest BCUT2D eigenvalue weighted by Gasteiger charge is 2.12. The van der Waals surface area contributed by atoms with Crippen LogP contribution in [0.25, 0.3) is 10.9 Å². The average Bonchev–Trinajstić information content (AvgIpc) is 2.18. The largest absolute Gasteiger partial charge is 0.285 e. The Balaban J connectivity index is 2.97. The van der Waals surface area contributed by atoms with Crippen molar-refractivity contribution in [3.63, 3.8) is 0 Å². The lowest BCUT2D eigenvalue weighted by molar-refractivity contribution is -0.884. The van der Waals surface area contributed by atoms with Gasteiger partial charge in [0.05, 0.1) is 10.9 Å². The molecule has 0 unspecified atom stereocenters. The molecule has 0 radical (unpaired) electrons. The molecule has 0 bridgehead atoms. The molecule has 14 heavy (non-hydrogen) atoms. The molecule has 0 aliphatic heterocycles. The molecular weight excluding hydrogens is 196 g/mol. The SMILES string of the molecule is N#Cc1c(S)ccc2c1ccc[n+]2O. The third kappa shape index (κ3) is 1.19. The van der Waals surface area contributed by atoms with E-state index in [4.69, 9.17) is 5.26 Å². The lowest BCUT2D eigenvalue weighted by atomic mass is 10.1. The maximum Gasteiger partial charge on any atom is 0.265 e. The minimum absolute atomic E-state index is 0.481. The van der Waals surface area contributed by atoms with Gasteiger partial charge in [-0.05, 0) is 12.1 Å². The minimum Gasteiger partial charge on any atom is -0.285 e. The van der Waals surface area contributed by atoms with Crippen LogP contribution in [0.15, 0.2) is 35.4 Å². The van der Waals surface area contributed by atoms with Gasteiger partial charge in [0.15, 0.2) is 0 Å². The molecule has 3 nitrogen and oxygen atoms in total. The van der Waals surface area contributed by atoms with Crippen molar-refractivity contribution in [3.05, 3.63) is 36.0 Å². The predicted molar refractivity (Wildman–Crippen MR) is 53.3 cm³/mol. The van der Waals surface area contributed by atoms with E-state index in [1.165, 1.54) is 6.20 Å². The van der Waals surface area contributed by atoms with Crippen LogP contribution in [0.3, 0.4) is 0 Å². The van der Waals surface area contributed by atoms with Gasteiger partial charge in [-0.3, -0.25) is 5.21 Å². The molecule has 0 amide bonds. The predicted octanol–water partition coefficient (Wildman–Crippen LogP) is 1.52. The summed E-state index contributed by atoms with van der Waals surface area (Å²) < 4.78 is 0.989. The fourth-order valence-electron chi connectivity index (χ4n) is 1.38. The second kappa shape index (κ2) is 3.20. The quantitative estimate of drug-likeness (QED) is 0.387. The van der Waals surface area contributed by atoms with Crippen molar-refractivity contribution in [2.45, 2.75) is 4.90 Å². The molecule has 0 saturated carbocycles. The number of pyridine rings is 1. The Morgan fingerprint density at radius 3 is 2.86 bits per heavy atom. The summed E-state index contributed by atoms with van der Waals surface area (Å²) in [5, 5.41) is 19.1. The Kier molecular flexibility index (Phi) is 2.02. The van der Waals surface area contributed by atoms with Crippen LogP contribution in [0.2, 0.25) is 0 Å². The Morgan fingerprint density at radius 2 is 2.14 bits per heavy atom. The van der Waals surface area contributed by atoms with Gasteiger partial charge in [0.25, 0.3) is 5.52 Å². The van der Waals surface area contributed by atoms with Gasteiger partial charge >= 0.3 is 0 Å². The number of aromatic nitrogens is 1. The van der Waals surface area contributed by atoms with Crippen LogP contribution in [0, 0.1) is 11.3 Å². The van der Waals surface area contributed by atoms with Crippen molar-refractivity contribution in [2.24, 2.45) is 0 Å². The fraction of sp³-hybridized carbons (Fsp3) is 0. The summed E-state index contributed by atoms with van der Waals surface area (Å²) >= 11 is 4.17. The number of nitrogens with zero attached hydrogens (tertiary/aromatic N) is 2. The minimum atomic E-state index is 0.481. The molecule has 1 heterocycles. The third-order valence-electron chi connectivity index (χ3n) is 2.05. The Morgan fingerprint density at radius 1 is 1.36 bits per heavy atom. The molecule has 0 spiro atoms. The summed E-state index contributed by atoms with van der Waals surface area (Å²) in [4.78, 5) is 0.617. The molecule has 2 aromatic rings. The molecule has 0 saturated heterocycles. The summed E-state index contributed by atoms with van der Waals surface area (Å²) in [7, 11) is 0. The standard InChI is InChI=1S/C10H6N2OS/c11-6-8-7-2-1-5-12(13)9(7)3-4-10(8)14/h1-5H,(H-,13,14)/p+1. The maximum absolute atomic E-state index is 9.46. The highest BCUT2D eigenvalue weighted by molar-refractivity contribution is 7.80. The number of fused-ring (bicyclic) bond motifs is 1. The van der Waals surface area contributed by atoms with Crippen LogP contribution in [-0.4, -0.2) is 5.21 Å². The van der Waals surface area contributed by atoms with Crippen molar-refractivity contribution in [3.8, 4) is 6.07 Å². The van der Waals surface area contributed by atoms with Crippen molar-refractivity contribution in [1.82, 2.24) is 0 Å². The molecule has 1 N–H and O–H groups in total. The van der Waals surface area contributed by atoms with E-state index in [-0.39, 0.29) is 0 Å². The third-order valence-corrected chi connectivity index (χ3v) is 2.42. The summed E-state index contributed by atoms with van der Waals surface area (Å²) in [6.45, 7) is 0. The zero-order valence-corrected chi connectivity index (χ0v) is 8.07. The zero-order valence-electron chi connectivity index (χ0n) is 7.18. The fourth-order valence-corrected chi connectivity index (χ4v) is 1.63. The Labute approximate surface area is 86.2 Å². The van der Waals surface area contributed by atoms with Crippen LogP contribution >= 0.6 is 12.6 Å². The van der Waals surface area contributed by atoms with Crippen molar-refractivity contribution in [2.75, 3.05) is 0 Å². The first-order valence-electron chi connectivity index (χ1n) is 4.00. The molecule has 1 aromatic heterocycles. The molecular formula is C10H7N2OS+. The van der Waals surface area contributed by atoms with Gasteiger partial charge in [-0.1, -0.05) is 0 Å². The molecule has 1 aromatic carbocycles. The number of hydrogen-bond donors (Lipinski definition) is 2. The van der Waals surface area contributed by atoms with Gasteiger partial charge < -0.3 is 0 Å². The normalized spacial score (nSPS) is 10.0. The Hall–Kier alpha value is -1.73. The number of hydrogen-bond acceptors (Lipinski definition) is 3. The first-order valence-corrected chi connectivity index (χ1v) is 4.44. The lowest BCUT2D eigenvalue weighted by Crippen LogP contribution is -2.29. The highest BCUT2D eigenvalue weighted by atomic mass is 32.1. The molecule has 4 heteroatoms. The van der Waals surface area contributed by atoms with E-state index < -0.39 is 0 Å². The van der Waals surface area contributed by atoms with E-state index in [0.717, 1.165) is 4.73 Å².